The van der Waals surface area contributed by atoms with E-state index in [0.717, 1.165) is 42.1 Å². The predicted octanol–water partition coefficient (Wildman–Crippen LogP) is 3.80. The minimum atomic E-state index is -4.58. The quantitative estimate of drug-likeness (QED) is 0.788. The Balaban J connectivity index is 1.60. The molecular weight excluding hydrogens is 376 g/mol. The lowest BCUT2D eigenvalue weighted by Crippen LogP contribution is -2.23. The minimum Gasteiger partial charge on any atom is -0.486 e. The Kier molecular flexibility index (Phi) is 4.67. The summed E-state index contributed by atoms with van der Waals surface area (Å²) in [6, 6.07) is 11.7. The van der Waals surface area contributed by atoms with Gasteiger partial charge in [-0.1, -0.05) is 6.07 Å². The third-order valence-corrected chi connectivity index (χ3v) is 6.33. The molecule has 2 heterocycles. The van der Waals surface area contributed by atoms with Gasteiger partial charge in [0.15, 0.2) is 11.5 Å². The van der Waals surface area contributed by atoms with E-state index in [2.05, 4.69) is 4.90 Å². The number of sulfone groups is 1. The Morgan fingerprint density at radius 3 is 2.41 bits per heavy atom. The lowest BCUT2D eigenvalue weighted by Gasteiger charge is -2.28. The maximum atomic E-state index is 12.7. The molecular formula is C19H19F2NO4S. The highest BCUT2D eigenvalue weighted by Gasteiger charge is 2.29. The minimum absolute atomic E-state index is 0.110. The number of hydrogen-bond donors (Lipinski definition) is 0. The molecule has 0 N–H and O–H groups in total. The van der Waals surface area contributed by atoms with Gasteiger partial charge in [-0.25, -0.2) is 8.42 Å². The summed E-state index contributed by atoms with van der Waals surface area (Å²) >= 11 is 0. The molecule has 0 aliphatic carbocycles. The van der Waals surface area contributed by atoms with Gasteiger partial charge in [0.25, 0.3) is 0 Å². The molecule has 0 radical (unpaired) electrons. The van der Waals surface area contributed by atoms with E-state index in [1.54, 1.807) is 12.1 Å². The van der Waals surface area contributed by atoms with E-state index in [1.807, 2.05) is 18.2 Å². The van der Waals surface area contributed by atoms with Crippen LogP contribution in [-0.4, -0.2) is 33.9 Å². The molecule has 8 heteroatoms. The second kappa shape index (κ2) is 6.99. The van der Waals surface area contributed by atoms with Crippen molar-refractivity contribution in [1.82, 2.24) is 0 Å². The number of nitrogens with zero attached hydrogens (tertiary/aromatic N) is 1. The molecule has 2 aromatic carbocycles. The number of rotatable bonds is 4. The highest BCUT2D eigenvalue weighted by molar-refractivity contribution is 7.91. The van der Waals surface area contributed by atoms with Gasteiger partial charge in [0.2, 0.25) is 9.84 Å². The number of alkyl halides is 2. The van der Waals surface area contributed by atoms with Crippen LogP contribution in [0.15, 0.2) is 47.4 Å². The van der Waals surface area contributed by atoms with Gasteiger partial charge in [-0.2, -0.15) is 8.78 Å². The monoisotopic (exact) mass is 395 g/mol. The summed E-state index contributed by atoms with van der Waals surface area (Å²) in [5.74, 6) is -1.96. The zero-order valence-corrected chi connectivity index (χ0v) is 15.3. The largest absolute Gasteiger partial charge is 0.486 e. The average molecular weight is 395 g/mol. The van der Waals surface area contributed by atoms with Crippen LogP contribution in [0.5, 0.6) is 11.5 Å². The molecule has 0 saturated carbocycles. The Morgan fingerprint density at radius 2 is 1.70 bits per heavy atom. The van der Waals surface area contributed by atoms with Crippen LogP contribution in [0.2, 0.25) is 0 Å². The molecule has 1 fully saturated rings. The van der Waals surface area contributed by atoms with Crippen molar-refractivity contribution in [1.29, 1.82) is 0 Å². The van der Waals surface area contributed by atoms with Gasteiger partial charge in [0, 0.05) is 12.2 Å². The smallest absolute Gasteiger partial charge is 0.341 e. The highest BCUT2D eigenvalue weighted by atomic mass is 32.2. The number of fused-ring (bicyclic) bond motifs is 1. The van der Waals surface area contributed by atoms with Crippen molar-refractivity contribution in [2.24, 2.45) is 0 Å². The van der Waals surface area contributed by atoms with E-state index < -0.39 is 15.6 Å². The lowest BCUT2D eigenvalue weighted by molar-refractivity contribution is 0.171. The SMILES string of the molecule is O=S(=O)(c1ccc(N2CCCC2c2ccc3c(c2)OCCO3)cc1)C(F)F. The van der Waals surface area contributed by atoms with E-state index in [9.17, 15) is 17.2 Å². The normalized spacial score (nSPS) is 19.5. The van der Waals surface area contributed by atoms with Crippen molar-refractivity contribution in [3.8, 4) is 11.5 Å². The summed E-state index contributed by atoms with van der Waals surface area (Å²) in [5, 5.41) is 0. The van der Waals surface area contributed by atoms with Crippen molar-refractivity contribution in [3.63, 3.8) is 0 Å². The molecule has 4 rings (SSSR count). The molecule has 0 aromatic heterocycles. The maximum absolute atomic E-state index is 12.7. The molecule has 2 aliphatic heterocycles. The van der Waals surface area contributed by atoms with Crippen LogP contribution in [0.4, 0.5) is 14.5 Å². The molecule has 1 unspecified atom stereocenters. The van der Waals surface area contributed by atoms with Crippen LogP contribution in [0.3, 0.4) is 0 Å². The molecule has 0 bridgehead atoms. The molecule has 5 nitrogen and oxygen atoms in total. The average Bonchev–Trinajstić information content (AvgIpc) is 3.17. The van der Waals surface area contributed by atoms with Crippen LogP contribution in [0, 0.1) is 0 Å². The second-order valence-electron chi connectivity index (χ2n) is 6.55. The number of hydrogen-bond acceptors (Lipinski definition) is 5. The first kappa shape index (κ1) is 18.0. The first-order chi connectivity index (χ1) is 13.0. The van der Waals surface area contributed by atoms with Crippen LogP contribution in [0.25, 0.3) is 0 Å². The zero-order chi connectivity index (χ0) is 19.0. The number of ether oxygens (including phenoxy) is 2. The summed E-state index contributed by atoms with van der Waals surface area (Å²) in [6.07, 6.45) is 1.92. The van der Waals surface area contributed by atoms with Crippen molar-refractivity contribution in [2.45, 2.75) is 29.5 Å². The first-order valence-corrected chi connectivity index (χ1v) is 10.3. The van der Waals surface area contributed by atoms with Crippen LogP contribution in [0.1, 0.15) is 24.4 Å². The molecule has 0 amide bonds. The van der Waals surface area contributed by atoms with E-state index in [0.29, 0.717) is 13.2 Å². The summed E-state index contributed by atoms with van der Waals surface area (Å²) in [5.41, 5.74) is 1.89. The molecule has 1 atom stereocenters. The van der Waals surface area contributed by atoms with Gasteiger partial charge in [-0.15, -0.1) is 0 Å². The fraction of sp³-hybridized carbons (Fsp3) is 0.368. The molecule has 1 saturated heterocycles. The number of anilines is 1. The van der Waals surface area contributed by atoms with Gasteiger partial charge in [-0.05, 0) is 54.8 Å². The molecule has 2 aliphatic rings. The third kappa shape index (κ3) is 3.34. The molecule has 0 spiro atoms. The summed E-state index contributed by atoms with van der Waals surface area (Å²) in [6.45, 7) is 1.86. The second-order valence-corrected chi connectivity index (χ2v) is 8.47. The summed E-state index contributed by atoms with van der Waals surface area (Å²) in [7, 11) is -4.58. The number of halogens is 2. The van der Waals surface area contributed by atoms with Gasteiger partial charge in [-0.3, -0.25) is 0 Å². The number of benzene rings is 2. The standard InChI is InChI=1S/C19H19F2NO4S/c20-19(21)27(23,24)15-6-4-14(5-7-15)22-9-1-2-16(22)13-3-8-17-18(12-13)26-11-10-25-17/h3-8,12,16,19H,1-2,9-11H2. The predicted molar refractivity (Wildman–Crippen MR) is 96.4 cm³/mol. The highest BCUT2D eigenvalue weighted by Crippen LogP contribution is 2.40. The van der Waals surface area contributed by atoms with Gasteiger partial charge >= 0.3 is 5.76 Å². The van der Waals surface area contributed by atoms with E-state index in [-0.39, 0.29) is 10.9 Å². The van der Waals surface area contributed by atoms with E-state index in [4.69, 9.17) is 9.47 Å². The van der Waals surface area contributed by atoms with Crippen molar-refractivity contribution in [3.05, 3.63) is 48.0 Å². The Labute approximate surface area is 156 Å². The topological polar surface area (TPSA) is 55.8 Å². The summed E-state index contributed by atoms with van der Waals surface area (Å²) in [4.78, 5) is 1.79. The van der Waals surface area contributed by atoms with E-state index >= 15 is 0 Å². The van der Waals surface area contributed by atoms with Gasteiger partial charge in [0.05, 0.1) is 10.9 Å². The maximum Gasteiger partial charge on any atom is 0.341 e. The fourth-order valence-corrected chi connectivity index (χ4v) is 4.34. The van der Waals surface area contributed by atoms with Gasteiger partial charge in [0.1, 0.15) is 13.2 Å². The molecule has 27 heavy (non-hydrogen) atoms. The Hall–Kier alpha value is -2.35. The Bertz CT molecular complexity index is 931. The van der Waals surface area contributed by atoms with Crippen molar-refractivity contribution < 1.29 is 26.7 Å². The van der Waals surface area contributed by atoms with E-state index in [1.165, 1.54) is 12.1 Å². The van der Waals surface area contributed by atoms with Crippen molar-refractivity contribution >= 4 is 15.5 Å². The summed E-state index contributed by atoms with van der Waals surface area (Å²) < 4.78 is 59.8. The first-order valence-electron chi connectivity index (χ1n) is 8.75. The molecule has 144 valence electrons. The van der Waals surface area contributed by atoms with Crippen LogP contribution in [-0.2, 0) is 9.84 Å². The van der Waals surface area contributed by atoms with Crippen molar-refractivity contribution in [2.75, 3.05) is 24.7 Å². The third-order valence-electron chi connectivity index (χ3n) is 4.94. The van der Waals surface area contributed by atoms with Crippen LogP contribution < -0.4 is 14.4 Å². The van der Waals surface area contributed by atoms with Crippen LogP contribution >= 0.6 is 0 Å². The Morgan fingerprint density at radius 1 is 1.00 bits per heavy atom. The fourth-order valence-electron chi connectivity index (χ4n) is 3.62. The zero-order valence-electron chi connectivity index (χ0n) is 14.5. The lowest BCUT2D eigenvalue weighted by atomic mass is 10.0. The molecule has 2 aromatic rings. The van der Waals surface area contributed by atoms with Gasteiger partial charge < -0.3 is 14.4 Å².